The minimum atomic E-state index is -0.164. The summed E-state index contributed by atoms with van der Waals surface area (Å²) in [6, 6.07) is 2.99. The topological polar surface area (TPSA) is 45.8 Å². The van der Waals surface area contributed by atoms with Crippen molar-refractivity contribution in [2.45, 2.75) is 0 Å². The zero-order chi connectivity index (χ0) is 5.11. The molecule has 0 saturated carbocycles. The van der Waals surface area contributed by atoms with E-state index < -0.39 is 0 Å². The Balaban J connectivity index is 0.000000490. The molecule has 0 saturated heterocycles. The largest absolute Gasteiger partial charge is 0.268 e. The number of hydrogen-bond donors (Lipinski definition) is 1. The Morgan fingerprint density at radius 3 is 2.62 bits per heavy atom. The Kier molecular flexibility index (Phi) is 3.28. The van der Waals surface area contributed by atoms with Crippen molar-refractivity contribution in [3.8, 4) is 0 Å². The summed E-state index contributed by atoms with van der Waals surface area (Å²) in [6.45, 7) is 0. The summed E-state index contributed by atoms with van der Waals surface area (Å²) in [7, 11) is 0. The van der Waals surface area contributed by atoms with Crippen molar-refractivity contribution in [1.29, 1.82) is 0 Å². The van der Waals surface area contributed by atoms with E-state index in [9.17, 15) is 4.79 Å². The molecular formula is C4H4N2OZn. The van der Waals surface area contributed by atoms with Gasteiger partial charge in [-0.3, -0.25) is 4.79 Å². The molecular weight excluding hydrogens is 157 g/mol. The normalized spacial score (nSPS) is 7.50. The second kappa shape index (κ2) is 3.50. The van der Waals surface area contributed by atoms with Crippen LogP contribution in [0.2, 0.25) is 0 Å². The summed E-state index contributed by atoms with van der Waals surface area (Å²) >= 11 is 0. The molecule has 0 spiro atoms. The van der Waals surface area contributed by atoms with E-state index in [4.69, 9.17) is 0 Å². The van der Waals surface area contributed by atoms with Crippen LogP contribution >= 0.6 is 0 Å². The standard InChI is InChI=1S/C4H4N2O.Zn/c7-4-2-1-3-5-6-4;/h1-3H,(H,6,7);. The van der Waals surface area contributed by atoms with Gasteiger partial charge in [0, 0.05) is 31.7 Å². The number of rotatable bonds is 0. The Hall–Kier alpha value is -0.497. The van der Waals surface area contributed by atoms with E-state index in [1.165, 1.54) is 12.3 Å². The van der Waals surface area contributed by atoms with Crippen molar-refractivity contribution < 1.29 is 19.5 Å². The molecule has 3 nitrogen and oxygen atoms in total. The van der Waals surface area contributed by atoms with Crippen molar-refractivity contribution in [2.75, 3.05) is 0 Å². The number of nitrogens with zero attached hydrogens (tertiary/aromatic N) is 1. The van der Waals surface area contributed by atoms with Gasteiger partial charge in [-0.15, -0.1) is 0 Å². The average molecular weight is 161 g/mol. The molecule has 1 aromatic heterocycles. The molecule has 0 radical (unpaired) electrons. The van der Waals surface area contributed by atoms with Crippen molar-refractivity contribution in [2.24, 2.45) is 0 Å². The zero-order valence-electron chi connectivity index (χ0n) is 4.29. The first-order valence-electron chi connectivity index (χ1n) is 1.89. The predicted molar refractivity (Wildman–Crippen MR) is 24.9 cm³/mol. The number of aromatic amines is 1. The van der Waals surface area contributed by atoms with E-state index in [2.05, 4.69) is 10.2 Å². The molecule has 0 unspecified atom stereocenters. The molecule has 4 heteroatoms. The number of aromatic nitrogens is 2. The van der Waals surface area contributed by atoms with Gasteiger partial charge >= 0.3 is 0 Å². The van der Waals surface area contributed by atoms with Gasteiger partial charge in [-0.2, -0.15) is 5.10 Å². The van der Waals surface area contributed by atoms with Crippen molar-refractivity contribution >= 4 is 0 Å². The maximum atomic E-state index is 10.2. The summed E-state index contributed by atoms with van der Waals surface area (Å²) < 4.78 is 0. The average Bonchev–Trinajstić information content (AvgIpc) is 1.69. The minimum Gasteiger partial charge on any atom is -0.268 e. The van der Waals surface area contributed by atoms with E-state index in [1.807, 2.05) is 0 Å². The molecule has 0 aliphatic rings. The van der Waals surface area contributed by atoms with Gasteiger partial charge in [-0.25, -0.2) is 5.10 Å². The van der Waals surface area contributed by atoms with Crippen LogP contribution in [0.5, 0.6) is 0 Å². The molecule has 0 aromatic carbocycles. The summed E-state index contributed by atoms with van der Waals surface area (Å²) in [4.78, 5) is 10.2. The van der Waals surface area contributed by atoms with Crippen molar-refractivity contribution in [3.63, 3.8) is 0 Å². The van der Waals surface area contributed by atoms with Crippen LogP contribution in [-0.4, -0.2) is 10.2 Å². The van der Waals surface area contributed by atoms with Gasteiger partial charge in [-0.1, -0.05) is 0 Å². The van der Waals surface area contributed by atoms with Gasteiger partial charge in [0.2, 0.25) is 0 Å². The Bertz CT molecular complexity index is 180. The smallest absolute Gasteiger partial charge is 0.264 e. The fourth-order valence-electron chi connectivity index (χ4n) is 0.312. The molecule has 8 heavy (non-hydrogen) atoms. The van der Waals surface area contributed by atoms with E-state index >= 15 is 0 Å². The van der Waals surface area contributed by atoms with Crippen LogP contribution in [0.3, 0.4) is 0 Å². The molecule has 1 rings (SSSR count). The summed E-state index contributed by atoms with van der Waals surface area (Å²) in [5.41, 5.74) is -0.164. The molecule has 1 N–H and O–H groups in total. The van der Waals surface area contributed by atoms with Gasteiger partial charge in [0.1, 0.15) is 0 Å². The van der Waals surface area contributed by atoms with Crippen molar-refractivity contribution in [3.05, 3.63) is 28.7 Å². The molecule has 0 atom stereocenters. The third-order valence-corrected chi connectivity index (χ3v) is 0.583. The van der Waals surface area contributed by atoms with Crippen LogP contribution in [-0.2, 0) is 19.5 Å². The van der Waals surface area contributed by atoms with Gasteiger partial charge in [0.15, 0.2) is 0 Å². The second-order valence-corrected chi connectivity index (χ2v) is 1.11. The van der Waals surface area contributed by atoms with Crippen LogP contribution in [0, 0.1) is 0 Å². The molecule has 1 heterocycles. The molecule has 0 fully saturated rings. The van der Waals surface area contributed by atoms with E-state index in [0.29, 0.717) is 0 Å². The SMILES string of the molecule is O=c1cccn[nH]1.[Zn]. The van der Waals surface area contributed by atoms with E-state index in [-0.39, 0.29) is 25.0 Å². The van der Waals surface area contributed by atoms with Crippen LogP contribution in [0.25, 0.3) is 0 Å². The van der Waals surface area contributed by atoms with Gasteiger partial charge in [-0.05, 0) is 6.07 Å². The first-order valence-corrected chi connectivity index (χ1v) is 1.89. The first-order chi connectivity index (χ1) is 3.39. The molecule has 0 bridgehead atoms. The van der Waals surface area contributed by atoms with Crippen molar-refractivity contribution in [1.82, 2.24) is 10.2 Å². The van der Waals surface area contributed by atoms with Gasteiger partial charge in [0.25, 0.3) is 5.56 Å². The quantitative estimate of drug-likeness (QED) is 0.534. The number of hydrogen-bond acceptors (Lipinski definition) is 2. The Morgan fingerprint density at radius 1 is 1.62 bits per heavy atom. The fourth-order valence-corrected chi connectivity index (χ4v) is 0.312. The fraction of sp³-hybridized carbons (Fsp3) is 0. The van der Waals surface area contributed by atoms with Crippen LogP contribution in [0.15, 0.2) is 23.1 Å². The molecule has 0 amide bonds. The molecule has 0 aliphatic carbocycles. The molecule has 0 aliphatic heterocycles. The molecule has 1 aromatic rings. The minimum absolute atomic E-state index is 0. The summed E-state index contributed by atoms with van der Waals surface area (Å²) in [5.74, 6) is 0. The Labute approximate surface area is 58.9 Å². The Morgan fingerprint density at radius 2 is 2.38 bits per heavy atom. The predicted octanol–water partition coefficient (Wildman–Crippen LogP) is -0.233. The second-order valence-electron chi connectivity index (χ2n) is 1.11. The first kappa shape index (κ1) is 7.50. The number of H-pyrrole nitrogens is 1. The summed E-state index contributed by atoms with van der Waals surface area (Å²) in [5, 5.41) is 5.67. The summed E-state index contributed by atoms with van der Waals surface area (Å²) in [6.07, 6.45) is 1.52. The van der Waals surface area contributed by atoms with Crippen LogP contribution in [0.1, 0.15) is 0 Å². The third-order valence-electron chi connectivity index (χ3n) is 0.583. The monoisotopic (exact) mass is 160 g/mol. The van der Waals surface area contributed by atoms with Crippen LogP contribution in [0.4, 0.5) is 0 Å². The molecule has 38 valence electrons. The third kappa shape index (κ3) is 1.98. The van der Waals surface area contributed by atoms with E-state index in [1.54, 1.807) is 6.07 Å². The van der Waals surface area contributed by atoms with Gasteiger partial charge < -0.3 is 0 Å². The van der Waals surface area contributed by atoms with Gasteiger partial charge in [0.05, 0.1) is 0 Å². The zero-order valence-corrected chi connectivity index (χ0v) is 7.26. The maximum Gasteiger partial charge on any atom is 0.264 e. The van der Waals surface area contributed by atoms with E-state index in [0.717, 1.165) is 0 Å². The van der Waals surface area contributed by atoms with Crippen LogP contribution < -0.4 is 5.56 Å². The number of nitrogens with one attached hydrogen (secondary N) is 1. The maximum absolute atomic E-state index is 10.2.